The van der Waals surface area contributed by atoms with Gasteiger partial charge in [-0.3, -0.25) is 9.59 Å². The number of hydrogen-bond donors (Lipinski definition) is 1. The van der Waals surface area contributed by atoms with Crippen molar-refractivity contribution in [3.63, 3.8) is 0 Å². The number of carbonyl (C=O) groups is 2. The molecule has 1 unspecified atom stereocenters. The lowest BCUT2D eigenvalue weighted by Crippen LogP contribution is -2.28. The van der Waals surface area contributed by atoms with Gasteiger partial charge in [-0.25, -0.2) is 9.37 Å². The first-order valence-electron chi connectivity index (χ1n) is 10.8. The molecule has 5 rings (SSSR count). The van der Waals surface area contributed by atoms with Gasteiger partial charge in [0.15, 0.2) is 0 Å². The van der Waals surface area contributed by atoms with Crippen molar-refractivity contribution in [2.24, 2.45) is 5.92 Å². The number of thiazole rings is 1. The summed E-state index contributed by atoms with van der Waals surface area (Å²) < 4.78 is 14.8. The fraction of sp³-hybridized carbons (Fsp3) is 0.200. The highest BCUT2D eigenvalue weighted by Crippen LogP contribution is 2.29. The van der Waals surface area contributed by atoms with Gasteiger partial charge < -0.3 is 10.2 Å². The molecule has 1 atom stereocenters. The number of nitrogens with zero attached hydrogens (tertiary/aromatic N) is 4. The highest BCUT2D eigenvalue weighted by molar-refractivity contribution is 7.12. The first-order chi connectivity index (χ1) is 16.4. The molecule has 2 aromatic heterocycles. The van der Waals surface area contributed by atoms with E-state index in [1.54, 1.807) is 27.8 Å². The monoisotopic (exact) mass is 475 g/mol. The molecule has 0 radical (unpaired) electrons. The first kappa shape index (κ1) is 22.0. The van der Waals surface area contributed by atoms with Crippen LogP contribution >= 0.6 is 11.3 Å². The molecule has 0 spiro atoms. The number of carbonyl (C=O) groups excluding carboxylic acids is 2. The third-order valence-electron chi connectivity index (χ3n) is 5.74. The number of amides is 2. The fourth-order valence-electron chi connectivity index (χ4n) is 3.93. The second kappa shape index (κ2) is 8.83. The van der Waals surface area contributed by atoms with Crippen LogP contribution in [0.2, 0.25) is 0 Å². The average molecular weight is 476 g/mol. The summed E-state index contributed by atoms with van der Waals surface area (Å²) in [4.78, 5) is 31.9. The standard InChI is InChI=1S/C25H22FN5O2S/c1-15-3-9-20(10-4-15)30-13-18(12-23(30)32)24(33)28-22-11-16(2)29-31(22)25-27-21(14-34-25)17-5-7-19(26)8-6-17/h3-11,14,18H,12-13H2,1-2H3,(H,28,33). The van der Waals surface area contributed by atoms with Gasteiger partial charge in [-0.2, -0.15) is 9.78 Å². The van der Waals surface area contributed by atoms with Gasteiger partial charge in [0.05, 0.1) is 17.3 Å². The van der Waals surface area contributed by atoms with Gasteiger partial charge in [-0.05, 0) is 50.2 Å². The largest absolute Gasteiger partial charge is 0.312 e. The van der Waals surface area contributed by atoms with E-state index >= 15 is 0 Å². The second-order valence-corrected chi connectivity index (χ2v) is 9.17. The summed E-state index contributed by atoms with van der Waals surface area (Å²) in [6.45, 7) is 4.15. The van der Waals surface area contributed by atoms with Crippen molar-refractivity contribution < 1.29 is 14.0 Å². The van der Waals surface area contributed by atoms with Crippen LogP contribution in [0.5, 0.6) is 0 Å². The number of rotatable bonds is 5. The molecule has 1 N–H and O–H groups in total. The molecule has 0 bridgehead atoms. The maximum atomic E-state index is 13.2. The van der Waals surface area contributed by atoms with E-state index in [1.165, 1.54) is 23.5 Å². The predicted octanol–water partition coefficient (Wildman–Crippen LogP) is 4.74. The molecule has 0 saturated carbocycles. The van der Waals surface area contributed by atoms with Crippen molar-refractivity contribution in [3.8, 4) is 16.4 Å². The number of nitrogens with one attached hydrogen (secondary N) is 1. The Morgan fingerprint density at radius 2 is 1.85 bits per heavy atom. The lowest BCUT2D eigenvalue weighted by molar-refractivity contribution is -0.122. The molecule has 1 saturated heterocycles. The number of benzene rings is 2. The molecule has 9 heteroatoms. The summed E-state index contributed by atoms with van der Waals surface area (Å²) >= 11 is 1.37. The van der Waals surface area contributed by atoms with Gasteiger partial charge in [0, 0.05) is 35.7 Å². The van der Waals surface area contributed by atoms with Crippen LogP contribution in [-0.4, -0.2) is 33.1 Å². The SMILES string of the molecule is Cc1ccc(N2CC(C(=O)Nc3cc(C)nn3-c3nc(-c4ccc(F)cc4)cs3)CC2=O)cc1. The van der Waals surface area contributed by atoms with Gasteiger partial charge in [0.2, 0.25) is 16.9 Å². The Morgan fingerprint density at radius 3 is 2.59 bits per heavy atom. The molecule has 1 aliphatic rings. The quantitative estimate of drug-likeness (QED) is 0.452. The summed E-state index contributed by atoms with van der Waals surface area (Å²) in [5.74, 6) is -0.595. The molecule has 7 nitrogen and oxygen atoms in total. The van der Waals surface area contributed by atoms with Crippen LogP contribution < -0.4 is 10.2 Å². The van der Waals surface area contributed by atoms with Gasteiger partial charge in [-0.15, -0.1) is 11.3 Å². The van der Waals surface area contributed by atoms with Gasteiger partial charge in [-0.1, -0.05) is 17.7 Å². The van der Waals surface area contributed by atoms with E-state index in [0.717, 1.165) is 22.5 Å². The second-order valence-electron chi connectivity index (χ2n) is 8.34. The number of halogens is 1. The maximum Gasteiger partial charge on any atom is 0.230 e. The van der Waals surface area contributed by atoms with E-state index in [1.807, 2.05) is 43.5 Å². The summed E-state index contributed by atoms with van der Waals surface area (Å²) in [6.07, 6.45) is 0.152. The van der Waals surface area contributed by atoms with E-state index in [4.69, 9.17) is 0 Å². The number of anilines is 2. The maximum absolute atomic E-state index is 13.2. The Bertz CT molecular complexity index is 1360. The molecule has 2 aromatic carbocycles. The van der Waals surface area contributed by atoms with Gasteiger partial charge in [0.25, 0.3) is 0 Å². The molecular weight excluding hydrogens is 453 g/mol. The normalized spacial score (nSPS) is 15.7. The van der Waals surface area contributed by atoms with Crippen molar-refractivity contribution in [2.75, 3.05) is 16.8 Å². The average Bonchev–Trinajstić information content (AvgIpc) is 3.53. The van der Waals surface area contributed by atoms with E-state index in [0.29, 0.717) is 23.2 Å². The van der Waals surface area contributed by atoms with Crippen molar-refractivity contribution in [2.45, 2.75) is 20.3 Å². The lowest BCUT2D eigenvalue weighted by atomic mass is 10.1. The Labute approximate surface area is 199 Å². The summed E-state index contributed by atoms with van der Waals surface area (Å²) in [7, 11) is 0. The summed E-state index contributed by atoms with van der Waals surface area (Å²) in [5.41, 5.74) is 4.11. The topological polar surface area (TPSA) is 80.1 Å². The Balaban J connectivity index is 1.33. The highest BCUT2D eigenvalue weighted by atomic mass is 32.1. The van der Waals surface area contributed by atoms with E-state index in [9.17, 15) is 14.0 Å². The molecule has 4 aromatic rings. The van der Waals surface area contributed by atoms with E-state index < -0.39 is 5.92 Å². The molecule has 2 amide bonds. The van der Waals surface area contributed by atoms with Crippen molar-refractivity contribution >= 4 is 34.7 Å². The molecule has 1 aliphatic heterocycles. The smallest absolute Gasteiger partial charge is 0.230 e. The minimum absolute atomic E-state index is 0.0717. The molecular formula is C25H22FN5O2S. The Hall–Kier alpha value is -3.85. The number of aryl methyl sites for hydroxylation is 2. The Kier molecular flexibility index (Phi) is 5.70. The predicted molar refractivity (Wildman–Crippen MR) is 130 cm³/mol. The van der Waals surface area contributed by atoms with Crippen molar-refractivity contribution in [3.05, 3.63) is 77.1 Å². The zero-order valence-corrected chi connectivity index (χ0v) is 19.5. The van der Waals surface area contributed by atoms with Crippen LogP contribution in [-0.2, 0) is 9.59 Å². The third-order valence-corrected chi connectivity index (χ3v) is 6.55. The summed E-state index contributed by atoms with van der Waals surface area (Å²) in [5, 5.41) is 9.85. The third kappa shape index (κ3) is 4.34. The molecule has 3 heterocycles. The fourth-order valence-corrected chi connectivity index (χ4v) is 4.73. The Morgan fingerprint density at radius 1 is 1.12 bits per heavy atom. The zero-order valence-electron chi connectivity index (χ0n) is 18.7. The van der Waals surface area contributed by atoms with E-state index in [-0.39, 0.29) is 24.1 Å². The van der Waals surface area contributed by atoms with E-state index in [2.05, 4.69) is 15.4 Å². The van der Waals surface area contributed by atoms with Crippen molar-refractivity contribution in [1.82, 2.24) is 14.8 Å². The van der Waals surface area contributed by atoms with Gasteiger partial charge in [0.1, 0.15) is 11.6 Å². The van der Waals surface area contributed by atoms with Crippen LogP contribution in [0.1, 0.15) is 17.7 Å². The molecule has 1 fully saturated rings. The van der Waals surface area contributed by atoms with Crippen LogP contribution in [0.3, 0.4) is 0 Å². The minimum atomic E-state index is -0.469. The molecule has 0 aliphatic carbocycles. The molecule has 34 heavy (non-hydrogen) atoms. The summed E-state index contributed by atoms with van der Waals surface area (Å²) in [6, 6.07) is 15.6. The lowest BCUT2D eigenvalue weighted by Gasteiger charge is -2.17. The number of hydrogen-bond acceptors (Lipinski definition) is 5. The van der Waals surface area contributed by atoms with Gasteiger partial charge >= 0.3 is 0 Å². The van der Waals surface area contributed by atoms with Crippen LogP contribution in [0.25, 0.3) is 16.4 Å². The highest BCUT2D eigenvalue weighted by Gasteiger charge is 2.35. The van der Waals surface area contributed by atoms with Crippen LogP contribution in [0.4, 0.5) is 15.9 Å². The van der Waals surface area contributed by atoms with Crippen LogP contribution in [0, 0.1) is 25.6 Å². The zero-order chi connectivity index (χ0) is 23.8. The van der Waals surface area contributed by atoms with Crippen molar-refractivity contribution in [1.29, 1.82) is 0 Å². The first-order valence-corrected chi connectivity index (χ1v) is 11.7. The number of aromatic nitrogens is 3. The minimum Gasteiger partial charge on any atom is -0.312 e. The molecule has 172 valence electrons. The van der Waals surface area contributed by atoms with Crippen LogP contribution in [0.15, 0.2) is 60.0 Å².